The SMILES string of the molecule is O=C1CC(c2ccc(F)cc2)CC(O)=C1C=NCCN1CCN(C(=O)Nc2ccccc2)CC1. The third-order valence-corrected chi connectivity index (χ3v) is 6.27. The van der Waals surface area contributed by atoms with Gasteiger partial charge in [0.25, 0.3) is 0 Å². The number of benzene rings is 2. The van der Waals surface area contributed by atoms with Gasteiger partial charge in [0, 0.05) is 57.5 Å². The van der Waals surface area contributed by atoms with Gasteiger partial charge in [-0.2, -0.15) is 0 Å². The zero-order valence-electron chi connectivity index (χ0n) is 19.0. The summed E-state index contributed by atoms with van der Waals surface area (Å²) in [6.45, 7) is 4.00. The maximum absolute atomic E-state index is 13.1. The summed E-state index contributed by atoms with van der Waals surface area (Å²) >= 11 is 0. The summed E-state index contributed by atoms with van der Waals surface area (Å²) in [6, 6.07) is 15.3. The highest BCUT2D eigenvalue weighted by Gasteiger charge is 2.28. The molecule has 1 heterocycles. The number of piperazine rings is 1. The third kappa shape index (κ3) is 6.08. The number of halogens is 1. The predicted octanol–water partition coefficient (Wildman–Crippen LogP) is 4.00. The van der Waals surface area contributed by atoms with E-state index in [1.54, 1.807) is 17.0 Å². The molecule has 34 heavy (non-hydrogen) atoms. The van der Waals surface area contributed by atoms with Crippen molar-refractivity contribution in [3.8, 4) is 0 Å². The molecule has 0 aromatic heterocycles. The minimum Gasteiger partial charge on any atom is -0.511 e. The number of carbonyl (C=O) groups excluding carboxylic acids is 2. The van der Waals surface area contributed by atoms with Gasteiger partial charge in [-0.1, -0.05) is 30.3 Å². The van der Waals surface area contributed by atoms with E-state index in [9.17, 15) is 19.1 Å². The van der Waals surface area contributed by atoms with E-state index in [2.05, 4.69) is 15.2 Å². The fraction of sp³-hybridized carbons (Fsp3) is 0.346. The number of para-hydroxylation sites is 1. The molecule has 0 radical (unpaired) electrons. The highest BCUT2D eigenvalue weighted by molar-refractivity contribution is 6.14. The first-order valence-electron chi connectivity index (χ1n) is 11.5. The average molecular weight is 465 g/mol. The van der Waals surface area contributed by atoms with E-state index < -0.39 is 0 Å². The number of amides is 2. The number of hydrogen-bond donors (Lipinski definition) is 2. The topological polar surface area (TPSA) is 85.2 Å². The number of urea groups is 1. The zero-order valence-corrected chi connectivity index (χ0v) is 19.0. The van der Waals surface area contributed by atoms with E-state index in [0.717, 1.165) is 24.3 Å². The second kappa shape index (κ2) is 11.1. The fourth-order valence-corrected chi connectivity index (χ4v) is 4.28. The lowest BCUT2D eigenvalue weighted by Crippen LogP contribution is -2.50. The van der Waals surface area contributed by atoms with Crippen LogP contribution < -0.4 is 5.32 Å². The predicted molar refractivity (Wildman–Crippen MR) is 130 cm³/mol. The molecular formula is C26H29FN4O3. The van der Waals surface area contributed by atoms with Crippen molar-refractivity contribution < 1.29 is 19.1 Å². The number of aliphatic hydroxyl groups is 1. The Morgan fingerprint density at radius 1 is 1.06 bits per heavy atom. The first-order valence-corrected chi connectivity index (χ1v) is 11.5. The molecule has 4 rings (SSSR count). The van der Waals surface area contributed by atoms with E-state index in [4.69, 9.17) is 0 Å². The van der Waals surface area contributed by atoms with Crippen LogP contribution in [-0.2, 0) is 4.79 Å². The van der Waals surface area contributed by atoms with Crippen molar-refractivity contribution >= 4 is 23.7 Å². The van der Waals surface area contributed by atoms with Crippen LogP contribution in [0.15, 0.2) is 70.9 Å². The van der Waals surface area contributed by atoms with E-state index in [-0.39, 0.29) is 41.3 Å². The molecule has 1 fully saturated rings. The monoisotopic (exact) mass is 464 g/mol. The Morgan fingerprint density at radius 3 is 2.44 bits per heavy atom. The smallest absolute Gasteiger partial charge is 0.321 e. The minimum absolute atomic E-state index is 0.0346. The summed E-state index contributed by atoms with van der Waals surface area (Å²) in [7, 11) is 0. The molecule has 1 aliphatic heterocycles. The van der Waals surface area contributed by atoms with Crippen LogP contribution in [0.4, 0.5) is 14.9 Å². The zero-order chi connectivity index (χ0) is 23.9. The van der Waals surface area contributed by atoms with Gasteiger partial charge in [0.1, 0.15) is 11.6 Å². The summed E-state index contributed by atoms with van der Waals surface area (Å²) in [4.78, 5) is 33.3. The fourth-order valence-electron chi connectivity index (χ4n) is 4.28. The van der Waals surface area contributed by atoms with Crippen LogP contribution in [0.1, 0.15) is 24.3 Å². The second-order valence-corrected chi connectivity index (χ2v) is 8.60. The molecule has 8 heteroatoms. The third-order valence-electron chi connectivity index (χ3n) is 6.27. The van der Waals surface area contributed by atoms with Gasteiger partial charge in [-0.25, -0.2) is 9.18 Å². The summed E-state index contributed by atoms with van der Waals surface area (Å²) < 4.78 is 13.1. The number of nitrogens with one attached hydrogen (secondary N) is 1. The van der Waals surface area contributed by atoms with Crippen LogP contribution in [-0.4, -0.2) is 72.2 Å². The lowest BCUT2D eigenvalue weighted by atomic mass is 9.83. The van der Waals surface area contributed by atoms with Crippen molar-refractivity contribution in [3.05, 3.63) is 77.3 Å². The molecule has 0 bridgehead atoms. The maximum Gasteiger partial charge on any atom is 0.321 e. The van der Waals surface area contributed by atoms with Gasteiger partial charge in [-0.05, 0) is 35.7 Å². The Balaban J connectivity index is 1.21. The molecule has 2 amide bonds. The molecule has 178 valence electrons. The van der Waals surface area contributed by atoms with Gasteiger partial charge < -0.3 is 15.3 Å². The number of carbonyl (C=O) groups is 2. The first-order chi connectivity index (χ1) is 16.5. The summed E-state index contributed by atoms with van der Waals surface area (Å²) in [5.41, 5.74) is 1.89. The van der Waals surface area contributed by atoms with Crippen molar-refractivity contribution in [3.63, 3.8) is 0 Å². The lowest BCUT2D eigenvalue weighted by molar-refractivity contribution is -0.116. The first kappa shape index (κ1) is 23.6. The number of allylic oxidation sites excluding steroid dienone is 2. The number of rotatable bonds is 6. The number of hydrogen-bond acceptors (Lipinski definition) is 5. The second-order valence-electron chi connectivity index (χ2n) is 8.60. The Bertz CT molecular complexity index is 1060. The molecular weight excluding hydrogens is 435 g/mol. The van der Waals surface area contributed by atoms with Crippen molar-refractivity contribution in [2.24, 2.45) is 4.99 Å². The van der Waals surface area contributed by atoms with E-state index in [1.165, 1.54) is 18.3 Å². The van der Waals surface area contributed by atoms with Crippen LogP contribution >= 0.6 is 0 Å². The molecule has 1 saturated heterocycles. The number of aliphatic imine (C=N–C) groups is 1. The summed E-state index contributed by atoms with van der Waals surface area (Å²) in [6.07, 6.45) is 2.08. The van der Waals surface area contributed by atoms with Gasteiger partial charge >= 0.3 is 6.03 Å². The molecule has 2 aromatic rings. The molecule has 1 atom stereocenters. The maximum atomic E-state index is 13.1. The number of nitrogens with zero attached hydrogens (tertiary/aromatic N) is 3. The molecule has 2 aromatic carbocycles. The average Bonchev–Trinajstić information content (AvgIpc) is 2.84. The molecule has 2 aliphatic rings. The molecule has 7 nitrogen and oxygen atoms in total. The largest absolute Gasteiger partial charge is 0.511 e. The molecule has 1 unspecified atom stereocenters. The Kier molecular flexibility index (Phi) is 7.69. The minimum atomic E-state index is -0.324. The standard InChI is InChI=1S/C26H29FN4O3/c27-21-8-6-19(7-9-21)20-16-24(32)23(25(33)17-20)18-28-10-11-30-12-14-31(15-13-30)26(34)29-22-4-2-1-3-5-22/h1-9,18,20,32H,10-17H2,(H,29,34). The van der Waals surface area contributed by atoms with Gasteiger partial charge in [0.05, 0.1) is 12.1 Å². The molecule has 0 saturated carbocycles. The van der Waals surface area contributed by atoms with Crippen LogP contribution in [0.5, 0.6) is 0 Å². The number of anilines is 1. The normalized spacial score (nSPS) is 19.6. The van der Waals surface area contributed by atoms with Crippen LogP contribution in [0.25, 0.3) is 0 Å². The van der Waals surface area contributed by atoms with Crippen LogP contribution in [0.2, 0.25) is 0 Å². The van der Waals surface area contributed by atoms with Crippen molar-refractivity contribution in [1.82, 2.24) is 9.80 Å². The lowest BCUT2D eigenvalue weighted by Gasteiger charge is -2.34. The molecule has 2 N–H and O–H groups in total. The number of aliphatic hydroxyl groups excluding tert-OH is 1. The van der Waals surface area contributed by atoms with Crippen molar-refractivity contribution in [1.29, 1.82) is 0 Å². The van der Waals surface area contributed by atoms with E-state index in [0.29, 0.717) is 32.6 Å². The van der Waals surface area contributed by atoms with Gasteiger partial charge in [-0.3, -0.25) is 14.7 Å². The quantitative estimate of drug-likeness (QED) is 0.633. The van der Waals surface area contributed by atoms with Gasteiger partial charge in [-0.15, -0.1) is 0 Å². The Morgan fingerprint density at radius 2 is 1.76 bits per heavy atom. The molecule has 1 aliphatic carbocycles. The van der Waals surface area contributed by atoms with Crippen molar-refractivity contribution in [2.75, 3.05) is 44.6 Å². The number of ketones is 1. The van der Waals surface area contributed by atoms with Crippen LogP contribution in [0.3, 0.4) is 0 Å². The Hall–Kier alpha value is -3.52. The van der Waals surface area contributed by atoms with Crippen LogP contribution in [0, 0.1) is 5.82 Å². The highest BCUT2D eigenvalue weighted by Crippen LogP contribution is 2.33. The van der Waals surface area contributed by atoms with Gasteiger partial charge in [0.2, 0.25) is 0 Å². The van der Waals surface area contributed by atoms with Crippen molar-refractivity contribution in [2.45, 2.75) is 18.8 Å². The Labute approximate surface area is 198 Å². The highest BCUT2D eigenvalue weighted by atomic mass is 19.1. The summed E-state index contributed by atoms with van der Waals surface area (Å²) in [5, 5.41) is 13.3. The number of Topliss-reactive ketones (excluding diaryl/α,β-unsaturated/α-hetero) is 1. The van der Waals surface area contributed by atoms with Gasteiger partial charge in [0.15, 0.2) is 5.78 Å². The summed E-state index contributed by atoms with van der Waals surface area (Å²) in [5.74, 6) is -0.594. The van der Waals surface area contributed by atoms with E-state index in [1.807, 2.05) is 30.3 Å². The molecule has 0 spiro atoms. The van der Waals surface area contributed by atoms with E-state index >= 15 is 0 Å².